The first-order valence-electron chi connectivity index (χ1n) is 19.8. The average molecular weight is 959 g/mol. The first kappa shape index (κ1) is 55.5. The molecule has 19 nitrogen and oxygen atoms in total. The minimum absolute atomic E-state index is 0.0106. The number of benzene rings is 3. The number of carboxylic acids is 2. The molecule has 0 radical (unpaired) electrons. The number of fused-ring (bicyclic) bond motifs is 1. The van der Waals surface area contributed by atoms with E-state index in [4.69, 9.17) is 42.7 Å². The van der Waals surface area contributed by atoms with Crippen LogP contribution in [0.2, 0.25) is 0 Å². The number of guanidine groups is 2. The smallest absolute Gasteiger partial charge is 0.490 e. The molecule has 1 heterocycles. The van der Waals surface area contributed by atoms with Crippen molar-refractivity contribution in [2.24, 2.45) is 38.8 Å². The lowest BCUT2D eigenvalue weighted by atomic mass is 9.94. The summed E-state index contributed by atoms with van der Waals surface area (Å²) in [5, 5.41) is 36.6. The number of phenols is 1. The zero-order valence-electron chi connectivity index (χ0n) is 35.2. The molecule has 0 aromatic heterocycles. The Morgan fingerprint density at radius 2 is 1.12 bits per heavy atom. The normalized spacial score (nSPS) is 19.0. The Balaban J connectivity index is 0.000000952. The summed E-state index contributed by atoms with van der Waals surface area (Å²) in [6.45, 7) is -0.215. The second-order valence-corrected chi connectivity index (χ2v) is 14.4. The molecule has 3 aromatic carbocycles. The number of carbonyl (C=O) groups is 6. The molecule has 0 saturated carbocycles. The number of alkyl halides is 6. The molecule has 4 rings (SSSR count). The van der Waals surface area contributed by atoms with Gasteiger partial charge in [-0.2, -0.15) is 26.3 Å². The highest BCUT2D eigenvalue weighted by Crippen LogP contribution is 2.22. The van der Waals surface area contributed by atoms with Crippen molar-refractivity contribution in [3.8, 4) is 5.75 Å². The fourth-order valence-electron chi connectivity index (χ4n) is 5.88. The summed E-state index contributed by atoms with van der Waals surface area (Å²) in [6, 6.07) is 15.8. The molecule has 0 spiro atoms. The summed E-state index contributed by atoms with van der Waals surface area (Å²) in [7, 11) is 0. The van der Waals surface area contributed by atoms with Crippen LogP contribution < -0.4 is 44.2 Å². The van der Waals surface area contributed by atoms with Crippen molar-refractivity contribution in [2.75, 3.05) is 19.6 Å². The molecular weight excluding hydrogens is 909 g/mol. The van der Waals surface area contributed by atoms with Crippen LogP contribution in [-0.2, 0) is 41.6 Å². The average Bonchev–Trinajstić information content (AvgIpc) is 3.24. The van der Waals surface area contributed by atoms with Crippen molar-refractivity contribution in [1.82, 2.24) is 21.3 Å². The van der Waals surface area contributed by atoms with E-state index in [-0.39, 0.29) is 69.3 Å². The van der Waals surface area contributed by atoms with Gasteiger partial charge in [0, 0.05) is 19.5 Å². The van der Waals surface area contributed by atoms with Crippen molar-refractivity contribution in [2.45, 2.75) is 69.0 Å². The first-order chi connectivity index (χ1) is 31.3. The van der Waals surface area contributed by atoms with Gasteiger partial charge in [-0.25, -0.2) is 14.0 Å². The Hall–Kier alpha value is -7.67. The minimum atomic E-state index is -5.08. The standard InChI is InChI=1S/C37H47FN10O5.2C2HF3O2/c38-28-20-26(18-23-9-12-24-5-1-2-6-25(24)17-23)33(51)45-21-32(50)46-31(19-22-10-13-27(49)14-11-22)35(53)48-30(8-4-16-44-37(41)42)34(52)47-29(28)7-3-15-43-36(39)40;2*3-2(4,5)1(6)7/h1-2,5-6,9-14,17,20,26,29-31,49H,3-4,7-8,15-16,18-19,21H2,(H,45,51)(H,46,50)(H,47,52)(H,48,53)(H4,39,40,43)(H4,41,42,44);2*(H,6,7)/b28-20-;;/t26-,29+,30+,31-;;/m1../s1. The molecule has 1 aliphatic heterocycles. The molecule has 4 amide bonds. The van der Waals surface area contributed by atoms with E-state index in [9.17, 15) is 50.6 Å². The van der Waals surface area contributed by atoms with Crippen LogP contribution in [0.25, 0.3) is 10.8 Å². The number of aliphatic imine (C=N–C) groups is 2. The van der Waals surface area contributed by atoms with Crippen LogP contribution in [0, 0.1) is 5.92 Å². The number of aromatic hydroxyl groups is 1. The number of amides is 4. The third-order valence-corrected chi connectivity index (χ3v) is 9.08. The number of halogens is 7. The van der Waals surface area contributed by atoms with Gasteiger partial charge in [0.1, 0.15) is 23.7 Å². The van der Waals surface area contributed by atoms with Crippen molar-refractivity contribution >= 4 is 58.3 Å². The van der Waals surface area contributed by atoms with Crippen LogP contribution in [0.4, 0.5) is 30.7 Å². The van der Waals surface area contributed by atoms with Gasteiger partial charge in [-0.3, -0.25) is 29.2 Å². The third kappa shape index (κ3) is 21.2. The van der Waals surface area contributed by atoms with Gasteiger partial charge in [0.05, 0.1) is 18.5 Å². The SMILES string of the molecule is NC(N)=NCCC[C@@H]1NC(=O)[C@@H](Cc2ccc(O)cc2)NC(=O)CNC(=O)[C@H](Cc2ccc3ccccc3c2)/C=C(\F)[C@H](CCCN=C(N)N)NC1=O.O=C(O)C(F)(F)F.O=C(O)C(F)(F)F. The van der Waals surface area contributed by atoms with Gasteiger partial charge >= 0.3 is 24.3 Å². The predicted molar refractivity (Wildman–Crippen MR) is 228 cm³/mol. The molecule has 0 fully saturated rings. The van der Waals surface area contributed by atoms with E-state index in [1.807, 2.05) is 42.5 Å². The number of carboxylic acid groups (broad SMARTS) is 2. The number of nitrogens with one attached hydrogen (secondary N) is 4. The highest BCUT2D eigenvalue weighted by molar-refractivity contribution is 5.94. The topological polar surface area (TPSA) is 340 Å². The maximum atomic E-state index is 16.4. The van der Waals surface area contributed by atoms with Crippen molar-refractivity contribution in [1.29, 1.82) is 0 Å². The maximum absolute atomic E-state index is 16.4. The summed E-state index contributed by atoms with van der Waals surface area (Å²) < 4.78 is 79.9. The molecule has 15 N–H and O–H groups in total. The molecule has 26 heteroatoms. The Kier molecular flexibility index (Phi) is 21.8. The number of nitrogens with zero attached hydrogens (tertiary/aromatic N) is 2. The van der Waals surface area contributed by atoms with Gasteiger partial charge in [0.15, 0.2) is 11.9 Å². The Morgan fingerprint density at radius 1 is 0.642 bits per heavy atom. The molecule has 1 aliphatic rings. The number of phenolic OH excluding ortho intramolecular Hbond substituents is 1. The van der Waals surface area contributed by atoms with Crippen LogP contribution in [0.5, 0.6) is 5.75 Å². The molecule has 4 atom stereocenters. The minimum Gasteiger partial charge on any atom is -0.508 e. The zero-order chi connectivity index (χ0) is 50.5. The quantitative estimate of drug-likeness (QED) is 0.0534. The number of rotatable bonds is 12. The van der Waals surface area contributed by atoms with Crippen molar-refractivity contribution < 1.29 is 74.8 Å². The summed E-state index contributed by atoms with van der Waals surface area (Å²) in [5.41, 5.74) is 23.2. The molecule has 0 saturated heterocycles. The van der Waals surface area contributed by atoms with Crippen molar-refractivity contribution in [3.05, 3.63) is 89.8 Å². The molecular formula is C41H49F7N10O9. The van der Waals surface area contributed by atoms with E-state index < -0.39 is 84.3 Å². The lowest BCUT2D eigenvalue weighted by Gasteiger charge is -2.25. The van der Waals surface area contributed by atoms with E-state index >= 15 is 4.39 Å². The van der Waals surface area contributed by atoms with Crippen LogP contribution in [0.3, 0.4) is 0 Å². The Morgan fingerprint density at radius 3 is 1.64 bits per heavy atom. The van der Waals surface area contributed by atoms with Gasteiger partial charge in [-0.05, 0) is 72.2 Å². The monoisotopic (exact) mass is 958 g/mol. The van der Waals surface area contributed by atoms with Gasteiger partial charge < -0.3 is 59.5 Å². The fraction of sp³-hybridized carbons (Fsp3) is 0.366. The Bertz CT molecular complexity index is 2240. The summed E-state index contributed by atoms with van der Waals surface area (Å²) in [6.07, 6.45) is -8.31. The second-order valence-electron chi connectivity index (χ2n) is 14.4. The number of aliphatic carboxylic acids is 2. The van der Waals surface area contributed by atoms with E-state index in [1.54, 1.807) is 12.1 Å². The van der Waals surface area contributed by atoms with Gasteiger partial charge in [0.2, 0.25) is 23.6 Å². The lowest BCUT2D eigenvalue weighted by Crippen LogP contribution is -2.56. The van der Waals surface area contributed by atoms with Crippen LogP contribution >= 0.6 is 0 Å². The van der Waals surface area contributed by atoms with Crippen LogP contribution in [0.15, 0.2) is 88.6 Å². The van der Waals surface area contributed by atoms with E-state index in [0.29, 0.717) is 5.56 Å². The Labute approximate surface area is 376 Å². The lowest BCUT2D eigenvalue weighted by molar-refractivity contribution is -0.193. The van der Waals surface area contributed by atoms with Crippen LogP contribution in [-0.4, -0.2) is 113 Å². The maximum Gasteiger partial charge on any atom is 0.490 e. The van der Waals surface area contributed by atoms with Crippen LogP contribution in [0.1, 0.15) is 36.8 Å². The zero-order valence-corrected chi connectivity index (χ0v) is 35.2. The third-order valence-electron chi connectivity index (χ3n) is 9.08. The van der Waals surface area contributed by atoms with E-state index in [1.165, 1.54) is 12.1 Å². The second kappa shape index (κ2) is 26.3. The number of carbonyl (C=O) groups excluding carboxylic acids is 4. The van der Waals surface area contributed by atoms with E-state index in [2.05, 4.69) is 31.3 Å². The van der Waals surface area contributed by atoms with Crippen molar-refractivity contribution in [3.63, 3.8) is 0 Å². The molecule has 0 aliphatic carbocycles. The number of nitrogens with two attached hydrogens (primary N) is 4. The first-order valence-corrected chi connectivity index (χ1v) is 19.8. The summed E-state index contributed by atoms with van der Waals surface area (Å²) in [5.74, 6) is -10.4. The molecule has 366 valence electrons. The molecule has 0 unspecified atom stereocenters. The highest BCUT2D eigenvalue weighted by atomic mass is 19.4. The largest absolute Gasteiger partial charge is 0.508 e. The van der Waals surface area contributed by atoms with Gasteiger partial charge in [-0.15, -0.1) is 0 Å². The molecule has 67 heavy (non-hydrogen) atoms. The molecule has 0 bridgehead atoms. The summed E-state index contributed by atoms with van der Waals surface area (Å²) in [4.78, 5) is 80.2. The van der Waals surface area contributed by atoms with Gasteiger partial charge in [0.25, 0.3) is 0 Å². The number of hydrogen-bond donors (Lipinski definition) is 11. The highest BCUT2D eigenvalue weighted by Gasteiger charge is 2.39. The van der Waals surface area contributed by atoms with Gasteiger partial charge in [-0.1, -0.05) is 54.6 Å². The summed E-state index contributed by atoms with van der Waals surface area (Å²) >= 11 is 0. The fourth-order valence-corrected chi connectivity index (χ4v) is 5.88. The predicted octanol–water partition coefficient (Wildman–Crippen LogP) is 1.76. The number of hydrogen-bond acceptors (Lipinski definition) is 9. The molecule has 3 aromatic rings. The van der Waals surface area contributed by atoms with E-state index in [0.717, 1.165) is 22.4 Å².